The van der Waals surface area contributed by atoms with Gasteiger partial charge in [0.25, 0.3) is 11.8 Å². The Bertz CT molecular complexity index is 1370. The molecule has 4 rings (SSSR count). The third kappa shape index (κ3) is 5.16. The summed E-state index contributed by atoms with van der Waals surface area (Å²) in [6, 6.07) is 22.5. The molecule has 33 heavy (non-hydrogen) atoms. The topological polar surface area (TPSA) is 100 Å². The molecule has 0 saturated heterocycles. The molecular formula is C25H19ClN4O3. The first kappa shape index (κ1) is 22.0. The fourth-order valence-corrected chi connectivity index (χ4v) is 3.45. The van der Waals surface area contributed by atoms with E-state index in [0.29, 0.717) is 32.9 Å². The van der Waals surface area contributed by atoms with Crippen LogP contribution in [0.15, 0.2) is 78.9 Å². The Balaban J connectivity index is 1.58. The quantitative estimate of drug-likeness (QED) is 0.389. The zero-order valence-corrected chi connectivity index (χ0v) is 18.3. The molecule has 3 N–H and O–H groups in total. The molecule has 0 aliphatic carbocycles. The van der Waals surface area contributed by atoms with Crippen molar-refractivity contribution in [3.8, 4) is 11.3 Å². The fraction of sp³-hybridized carbons (Fsp3) is 0.0400. The lowest BCUT2D eigenvalue weighted by Gasteiger charge is -2.12. The lowest BCUT2D eigenvalue weighted by Crippen LogP contribution is -2.41. The summed E-state index contributed by atoms with van der Waals surface area (Å²) in [5, 5.41) is 3.86. The minimum atomic E-state index is -0.521. The second-order valence-electron chi connectivity index (χ2n) is 7.25. The third-order valence-corrected chi connectivity index (χ3v) is 5.09. The maximum atomic E-state index is 13.0. The molecule has 0 radical (unpaired) electrons. The van der Waals surface area contributed by atoms with Crippen LogP contribution >= 0.6 is 11.6 Å². The number of carbonyl (C=O) groups excluding carboxylic acids is 3. The van der Waals surface area contributed by atoms with E-state index in [2.05, 4.69) is 21.2 Å². The van der Waals surface area contributed by atoms with Crippen molar-refractivity contribution in [1.29, 1.82) is 0 Å². The van der Waals surface area contributed by atoms with Crippen molar-refractivity contribution in [3.05, 3.63) is 95.0 Å². The molecule has 4 aromatic rings. The number of amides is 3. The van der Waals surface area contributed by atoms with E-state index in [1.807, 2.05) is 30.3 Å². The van der Waals surface area contributed by atoms with E-state index in [0.717, 1.165) is 5.56 Å². The van der Waals surface area contributed by atoms with Gasteiger partial charge in [-0.1, -0.05) is 48.0 Å². The molecule has 1 aromatic heterocycles. The van der Waals surface area contributed by atoms with Crippen LogP contribution in [0.2, 0.25) is 5.02 Å². The Labute approximate surface area is 194 Å². The van der Waals surface area contributed by atoms with Crippen molar-refractivity contribution < 1.29 is 14.4 Å². The van der Waals surface area contributed by atoms with Gasteiger partial charge in [-0.15, -0.1) is 0 Å². The summed E-state index contributed by atoms with van der Waals surface area (Å²) in [5.41, 5.74) is 8.05. The van der Waals surface area contributed by atoms with E-state index < -0.39 is 11.8 Å². The summed E-state index contributed by atoms with van der Waals surface area (Å²) in [6.45, 7) is 1.38. The molecule has 7 nitrogen and oxygen atoms in total. The number of hydrogen-bond donors (Lipinski definition) is 3. The predicted octanol–water partition coefficient (Wildman–Crippen LogP) is 4.59. The summed E-state index contributed by atoms with van der Waals surface area (Å²) in [5.74, 6) is -1.26. The van der Waals surface area contributed by atoms with Crippen LogP contribution in [-0.2, 0) is 4.79 Å². The highest BCUT2D eigenvalue weighted by Gasteiger charge is 2.15. The average molecular weight is 459 g/mol. The Morgan fingerprint density at radius 1 is 0.818 bits per heavy atom. The van der Waals surface area contributed by atoms with Crippen LogP contribution in [0.3, 0.4) is 0 Å². The van der Waals surface area contributed by atoms with Gasteiger partial charge in [-0.25, -0.2) is 4.98 Å². The number of nitrogens with zero attached hydrogens (tertiary/aromatic N) is 1. The molecule has 0 aliphatic heterocycles. The van der Waals surface area contributed by atoms with Gasteiger partial charge >= 0.3 is 0 Å². The Morgan fingerprint density at radius 3 is 2.30 bits per heavy atom. The number of para-hydroxylation sites is 1. The summed E-state index contributed by atoms with van der Waals surface area (Å²) in [7, 11) is 0. The normalized spacial score (nSPS) is 10.5. The zero-order chi connectivity index (χ0) is 23.4. The van der Waals surface area contributed by atoms with Crippen LogP contribution in [0.25, 0.3) is 22.2 Å². The molecule has 3 aromatic carbocycles. The van der Waals surface area contributed by atoms with Crippen molar-refractivity contribution >= 4 is 45.9 Å². The maximum absolute atomic E-state index is 13.0. The highest BCUT2D eigenvalue weighted by atomic mass is 35.5. The van der Waals surface area contributed by atoms with Crippen LogP contribution in [-0.4, -0.2) is 22.7 Å². The van der Waals surface area contributed by atoms with Gasteiger partial charge in [-0.3, -0.25) is 25.2 Å². The van der Waals surface area contributed by atoms with Gasteiger partial charge in [-0.2, -0.15) is 0 Å². The van der Waals surface area contributed by atoms with Crippen LogP contribution in [0.4, 0.5) is 5.69 Å². The Kier molecular flexibility index (Phi) is 6.33. The Morgan fingerprint density at radius 2 is 1.55 bits per heavy atom. The SMILES string of the molecule is CC(=O)Nc1cccc(C(=O)NNC(=O)c2cc(-c3ccc(Cl)cc3)nc3ccccc23)c1. The average Bonchev–Trinajstić information content (AvgIpc) is 2.82. The molecule has 3 amide bonds. The number of aromatic nitrogens is 1. The number of halogens is 1. The maximum Gasteiger partial charge on any atom is 0.270 e. The second-order valence-corrected chi connectivity index (χ2v) is 7.69. The molecular weight excluding hydrogens is 440 g/mol. The van der Waals surface area contributed by atoms with Crippen molar-refractivity contribution in [2.24, 2.45) is 0 Å². The van der Waals surface area contributed by atoms with Gasteiger partial charge in [0, 0.05) is 34.1 Å². The second kappa shape index (κ2) is 9.50. The molecule has 0 fully saturated rings. The van der Waals surface area contributed by atoms with E-state index in [1.54, 1.807) is 42.5 Å². The van der Waals surface area contributed by atoms with Gasteiger partial charge in [0.2, 0.25) is 5.91 Å². The number of anilines is 1. The highest BCUT2D eigenvalue weighted by molar-refractivity contribution is 6.30. The molecule has 164 valence electrons. The molecule has 0 bridgehead atoms. The van der Waals surface area contributed by atoms with Crippen LogP contribution < -0.4 is 16.2 Å². The van der Waals surface area contributed by atoms with E-state index >= 15 is 0 Å². The monoisotopic (exact) mass is 458 g/mol. The molecule has 1 heterocycles. The first-order chi connectivity index (χ1) is 15.9. The fourth-order valence-electron chi connectivity index (χ4n) is 3.33. The predicted molar refractivity (Wildman–Crippen MR) is 128 cm³/mol. The number of hydrazine groups is 1. The number of nitrogens with one attached hydrogen (secondary N) is 3. The van der Waals surface area contributed by atoms with Gasteiger partial charge in [0.05, 0.1) is 16.8 Å². The number of fused-ring (bicyclic) bond motifs is 1. The first-order valence-corrected chi connectivity index (χ1v) is 10.4. The molecule has 0 unspecified atom stereocenters. The molecule has 0 atom stereocenters. The lowest BCUT2D eigenvalue weighted by molar-refractivity contribution is -0.114. The van der Waals surface area contributed by atoms with E-state index in [-0.39, 0.29) is 11.5 Å². The van der Waals surface area contributed by atoms with Crippen LogP contribution in [0.5, 0.6) is 0 Å². The van der Waals surface area contributed by atoms with Crippen LogP contribution in [0, 0.1) is 0 Å². The Hall–Kier alpha value is -4.23. The molecule has 0 spiro atoms. The molecule has 8 heteroatoms. The zero-order valence-electron chi connectivity index (χ0n) is 17.6. The number of carbonyl (C=O) groups is 3. The standard InChI is InChI=1S/C25H19ClN4O3/c1-15(31)27-19-6-4-5-17(13-19)24(32)29-30-25(33)21-14-23(16-9-11-18(26)12-10-16)28-22-8-3-2-7-20(21)22/h2-14H,1H3,(H,27,31)(H,29,32)(H,30,33). The van der Waals surface area contributed by atoms with Gasteiger partial charge in [0.1, 0.15) is 0 Å². The van der Waals surface area contributed by atoms with Gasteiger partial charge < -0.3 is 5.32 Å². The number of hydrogen-bond acceptors (Lipinski definition) is 4. The van der Waals surface area contributed by atoms with E-state index in [1.165, 1.54) is 13.0 Å². The van der Waals surface area contributed by atoms with Crippen LogP contribution in [0.1, 0.15) is 27.6 Å². The number of rotatable bonds is 4. The minimum Gasteiger partial charge on any atom is -0.326 e. The number of pyridine rings is 1. The molecule has 0 saturated carbocycles. The summed E-state index contributed by atoms with van der Waals surface area (Å²) < 4.78 is 0. The lowest BCUT2D eigenvalue weighted by atomic mass is 10.0. The van der Waals surface area contributed by atoms with E-state index in [9.17, 15) is 14.4 Å². The van der Waals surface area contributed by atoms with Crippen molar-refractivity contribution in [2.45, 2.75) is 6.92 Å². The smallest absolute Gasteiger partial charge is 0.270 e. The van der Waals surface area contributed by atoms with Gasteiger partial charge in [-0.05, 0) is 42.5 Å². The summed E-state index contributed by atoms with van der Waals surface area (Å²) in [6.07, 6.45) is 0. The van der Waals surface area contributed by atoms with Crippen molar-refractivity contribution in [1.82, 2.24) is 15.8 Å². The minimum absolute atomic E-state index is 0.248. The highest BCUT2D eigenvalue weighted by Crippen LogP contribution is 2.26. The number of benzene rings is 3. The summed E-state index contributed by atoms with van der Waals surface area (Å²) in [4.78, 5) is 41.4. The van der Waals surface area contributed by atoms with Crippen molar-refractivity contribution in [2.75, 3.05) is 5.32 Å². The van der Waals surface area contributed by atoms with Crippen molar-refractivity contribution in [3.63, 3.8) is 0 Å². The molecule has 0 aliphatic rings. The largest absolute Gasteiger partial charge is 0.326 e. The summed E-state index contributed by atoms with van der Waals surface area (Å²) >= 11 is 5.99. The van der Waals surface area contributed by atoms with E-state index in [4.69, 9.17) is 11.6 Å². The van der Waals surface area contributed by atoms with Gasteiger partial charge in [0.15, 0.2) is 0 Å². The first-order valence-electron chi connectivity index (χ1n) is 10.0. The third-order valence-electron chi connectivity index (χ3n) is 4.84.